The van der Waals surface area contributed by atoms with E-state index in [0.29, 0.717) is 25.0 Å². The van der Waals surface area contributed by atoms with Gasteiger partial charge < -0.3 is 5.11 Å². The van der Waals surface area contributed by atoms with Gasteiger partial charge in [-0.3, -0.25) is 14.6 Å². The number of piperazine rings is 1. The molecule has 0 saturated carbocycles. The highest BCUT2D eigenvalue weighted by Crippen LogP contribution is 2.25. The van der Waals surface area contributed by atoms with Gasteiger partial charge in [0, 0.05) is 31.7 Å². The minimum absolute atomic E-state index is 0.494. The number of nitrogens with zero attached hydrogens (tertiary/aromatic N) is 2. The average molecular weight is 242 g/mol. The van der Waals surface area contributed by atoms with Crippen LogP contribution in [0.5, 0.6) is 0 Å². The molecule has 4 nitrogen and oxygen atoms in total. The first kappa shape index (κ1) is 14.5. The zero-order valence-electron chi connectivity index (χ0n) is 11.7. The van der Waals surface area contributed by atoms with Crippen molar-refractivity contribution in [2.75, 3.05) is 26.7 Å². The van der Waals surface area contributed by atoms with E-state index >= 15 is 0 Å². The summed E-state index contributed by atoms with van der Waals surface area (Å²) in [6, 6.07) is 0.988. The predicted octanol–water partition coefficient (Wildman–Crippen LogP) is 1.51. The molecular weight excluding hydrogens is 216 g/mol. The van der Waals surface area contributed by atoms with Gasteiger partial charge in [0.2, 0.25) is 0 Å². The van der Waals surface area contributed by atoms with Crippen LogP contribution < -0.4 is 0 Å². The minimum atomic E-state index is -0.681. The number of carboxylic acids is 1. The third kappa shape index (κ3) is 3.19. The molecule has 0 amide bonds. The summed E-state index contributed by atoms with van der Waals surface area (Å²) in [5.74, 6) is -0.681. The first-order valence-corrected chi connectivity index (χ1v) is 6.48. The van der Waals surface area contributed by atoms with Crippen LogP contribution >= 0.6 is 0 Å². The maximum absolute atomic E-state index is 11.3. The van der Waals surface area contributed by atoms with Gasteiger partial charge in [-0.05, 0) is 34.2 Å². The molecule has 100 valence electrons. The maximum Gasteiger partial charge on any atom is 0.310 e. The topological polar surface area (TPSA) is 43.8 Å². The molecule has 1 aliphatic rings. The zero-order chi connectivity index (χ0) is 13.2. The minimum Gasteiger partial charge on any atom is -0.481 e. The molecule has 0 aromatic carbocycles. The van der Waals surface area contributed by atoms with Crippen molar-refractivity contribution >= 4 is 5.97 Å². The summed E-state index contributed by atoms with van der Waals surface area (Å²) in [5.41, 5.74) is -0.616. The van der Waals surface area contributed by atoms with E-state index in [1.54, 1.807) is 0 Å². The van der Waals surface area contributed by atoms with Crippen LogP contribution in [-0.4, -0.2) is 59.6 Å². The third-order valence-corrected chi connectivity index (χ3v) is 4.30. The summed E-state index contributed by atoms with van der Waals surface area (Å²) < 4.78 is 0. The van der Waals surface area contributed by atoms with E-state index in [-0.39, 0.29) is 0 Å². The second-order valence-electron chi connectivity index (χ2n) is 5.78. The molecule has 3 atom stereocenters. The lowest BCUT2D eigenvalue weighted by atomic mass is 9.86. The summed E-state index contributed by atoms with van der Waals surface area (Å²) in [6.07, 6.45) is 0.678. The highest BCUT2D eigenvalue weighted by atomic mass is 16.4. The van der Waals surface area contributed by atoms with Crippen molar-refractivity contribution in [1.82, 2.24) is 9.80 Å². The first-order valence-electron chi connectivity index (χ1n) is 6.48. The monoisotopic (exact) mass is 242 g/mol. The normalized spacial score (nSPS) is 31.1. The van der Waals surface area contributed by atoms with Gasteiger partial charge in [0.15, 0.2) is 0 Å². The molecule has 1 aliphatic heterocycles. The van der Waals surface area contributed by atoms with Gasteiger partial charge in [0.1, 0.15) is 0 Å². The lowest BCUT2D eigenvalue weighted by molar-refractivity contribution is -0.150. The standard InChI is InChI=1S/C13H26N2O2/c1-6-13(4,12(16)17)9-15-7-10(2)14(5)11(3)8-15/h10-11H,6-9H2,1-5H3,(H,16,17). The highest BCUT2D eigenvalue weighted by molar-refractivity contribution is 5.74. The Balaban J connectivity index is 2.66. The summed E-state index contributed by atoms with van der Waals surface area (Å²) in [7, 11) is 2.14. The molecule has 17 heavy (non-hydrogen) atoms. The van der Waals surface area contributed by atoms with Crippen molar-refractivity contribution in [3.8, 4) is 0 Å². The van der Waals surface area contributed by atoms with Crippen LogP contribution in [0.25, 0.3) is 0 Å². The van der Waals surface area contributed by atoms with Crippen molar-refractivity contribution in [3.05, 3.63) is 0 Å². The van der Waals surface area contributed by atoms with Crippen LogP contribution in [0.4, 0.5) is 0 Å². The number of carboxylic acid groups (broad SMARTS) is 1. The first-order chi connectivity index (χ1) is 7.80. The molecule has 1 N–H and O–H groups in total. The summed E-state index contributed by atoms with van der Waals surface area (Å²) in [4.78, 5) is 16.0. The molecule has 0 aromatic heterocycles. The van der Waals surface area contributed by atoms with Crippen LogP contribution in [0.2, 0.25) is 0 Å². The Hall–Kier alpha value is -0.610. The third-order valence-electron chi connectivity index (χ3n) is 4.30. The van der Waals surface area contributed by atoms with Crippen molar-refractivity contribution in [2.24, 2.45) is 5.41 Å². The lowest BCUT2D eigenvalue weighted by Gasteiger charge is -2.44. The van der Waals surface area contributed by atoms with E-state index < -0.39 is 11.4 Å². The van der Waals surface area contributed by atoms with Crippen LogP contribution in [0.15, 0.2) is 0 Å². The highest BCUT2D eigenvalue weighted by Gasteiger charge is 2.36. The molecule has 1 heterocycles. The second kappa shape index (κ2) is 5.36. The maximum atomic E-state index is 11.3. The summed E-state index contributed by atoms with van der Waals surface area (Å²) >= 11 is 0. The number of rotatable bonds is 4. The van der Waals surface area contributed by atoms with E-state index in [0.717, 1.165) is 13.1 Å². The number of hydrogen-bond acceptors (Lipinski definition) is 3. The molecule has 4 heteroatoms. The fraction of sp³-hybridized carbons (Fsp3) is 0.923. The van der Waals surface area contributed by atoms with Gasteiger partial charge >= 0.3 is 5.97 Å². The van der Waals surface area contributed by atoms with Gasteiger partial charge in [0.05, 0.1) is 5.41 Å². The molecule has 1 rings (SSSR count). The Labute approximate surface area is 105 Å². The molecule has 3 unspecified atom stereocenters. The molecule has 1 fully saturated rings. The number of likely N-dealkylation sites (N-methyl/N-ethyl adjacent to an activating group) is 1. The molecule has 0 aromatic rings. The van der Waals surface area contributed by atoms with Gasteiger partial charge in [-0.25, -0.2) is 0 Å². The fourth-order valence-corrected chi connectivity index (χ4v) is 2.47. The van der Waals surface area contributed by atoms with Crippen molar-refractivity contribution in [2.45, 2.75) is 46.2 Å². The van der Waals surface area contributed by atoms with E-state index in [1.165, 1.54) is 0 Å². The predicted molar refractivity (Wildman–Crippen MR) is 69.2 cm³/mol. The lowest BCUT2D eigenvalue weighted by Crippen LogP contribution is -2.57. The number of aliphatic carboxylic acids is 1. The fourth-order valence-electron chi connectivity index (χ4n) is 2.47. The van der Waals surface area contributed by atoms with Crippen LogP contribution in [-0.2, 0) is 4.79 Å². The summed E-state index contributed by atoms with van der Waals surface area (Å²) in [5, 5.41) is 9.31. The summed E-state index contributed by atoms with van der Waals surface area (Å²) in [6.45, 7) is 10.8. The number of hydrogen-bond donors (Lipinski definition) is 1. The largest absolute Gasteiger partial charge is 0.481 e. The Morgan fingerprint density at radius 2 is 1.82 bits per heavy atom. The van der Waals surface area contributed by atoms with Gasteiger partial charge in [-0.15, -0.1) is 0 Å². The van der Waals surface area contributed by atoms with Crippen LogP contribution in [0.1, 0.15) is 34.1 Å². The van der Waals surface area contributed by atoms with E-state index in [4.69, 9.17) is 0 Å². The Morgan fingerprint density at radius 3 is 2.18 bits per heavy atom. The average Bonchev–Trinajstić information content (AvgIpc) is 2.25. The molecule has 1 saturated heterocycles. The second-order valence-corrected chi connectivity index (χ2v) is 5.78. The van der Waals surface area contributed by atoms with Gasteiger partial charge in [0.25, 0.3) is 0 Å². The molecule has 0 spiro atoms. The zero-order valence-corrected chi connectivity index (χ0v) is 11.7. The molecule has 0 radical (unpaired) electrons. The van der Waals surface area contributed by atoms with Crippen LogP contribution in [0.3, 0.4) is 0 Å². The van der Waals surface area contributed by atoms with E-state index in [1.807, 2.05) is 13.8 Å². The molecular formula is C13H26N2O2. The molecule has 0 bridgehead atoms. The Kier molecular flexibility index (Phi) is 4.55. The van der Waals surface area contributed by atoms with Crippen molar-refractivity contribution in [3.63, 3.8) is 0 Å². The number of carbonyl (C=O) groups is 1. The van der Waals surface area contributed by atoms with E-state index in [9.17, 15) is 9.90 Å². The van der Waals surface area contributed by atoms with Gasteiger partial charge in [-0.1, -0.05) is 6.92 Å². The van der Waals surface area contributed by atoms with Crippen molar-refractivity contribution in [1.29, 1.82) is 0 Å². The molecule has 0 aliphatic carbocycles. The SMILES string of the molecule is CCC(C)(CN1CC(C)N(C)C(C)C1)C(=O)O. The van der Waals surface area contributed by atoms with Gasteiger partial charge in [-0.2, -0.15) is 0 Å². The van der Waals surface area contributed by atoms with E-state index in [2.05, 4.69) is 30.7 Å². The van der Waals surface area contributed by atoms with Crippen molar-refractivity contribution < 1.29 is 9.90 Å². The quantitative estimate of drug-likeness (QED) is 0.811. The Morgan fingerprint density at radius 1 is 1.35 bits per heavy atom. The van der Waals surface area contributed by atoms with Crippen LogP contribution in [0, 0.1) is 5.41 Å². The Bertz CT molecular complexity index is 271. The smallest absolute Gasteiger partial charge is 0.310 e.